The zero-order chi connectivity index (χ0) is 29.3. The summed E-state index contributed by atoms with van der Waals surface area (Å²) in [5.41, 5.74) is 7.55. The Labute approximate surface area is 239 Å². The third-order valence-corrected chi connectivity index (χ3v) is 7.08. The van der Waals surface area contributed by atoms with Crippen LogP contribution in [0.4, 0.5) is 10.1 Å². The van der Waals surface area contributed by atoms with E-state index in [0.29, 0.717) is 22.8 Å². The van der Waals surface area contributed by atoms with Gasteiger partial charge in [-0.05, 0) is 87.7 Å². The lowest BCUT2D eigenvalue weighted by molar-refractivity contribution is 0.0734. The van der Waals surface area contributed by atoms with Gasteiger partial charge in [-0.15, -0.1) is 0 Å². The van der Waals surface area contributed by atoms with Crippen LogP contribution in [0.2, 0.25) is 0 Å². The first kappa shape index (κ1) is 27.9. The molecule has 0 saturated carbocycles. The van der Waals surface area contributed by atoms with Gasteiger partial charge in [0.05, 0.1) is 18.2 Å². The van der Waals surface area contributed by atoms with E-state index >= 15 is 0 Å². The van der Waals surface area contributed by atoms with Crippen LogP contribution in [0.15, 0.2) is 72.9 Å². The molecule has 0 unspecified atom stereocenters. The number of nitrogens with one attached hydrogen (secondary N) is 1. The number of nitrogens with zero attached hydrogens (tertiary/aromatic N) is 1. The molecule has 4 aromatic rings. The first-order chi connectivity index (χ1) is 19.5. The molecule has 3 aromatic carbocycles. The Hall–Kier alpha value is -4.65. The summed E-state index contributed by atoms with van der Waals surface area (Å²) < 4.78 is 31.7. The largest absolute Gasteiger partial charge is 0.496 e. The summed E-state index contributed by atoms with van der Waals surface area (Å²) in [7, 11) is 1.58. The molecule has 0 fully saturated rings. The monoisotopic (exact) mass is 552 g/mol. The lowest BCUT2D eigenvalue weighted by atomic mass is 9.85. The van der Waals surface area contributed by atoms with E-state index in [0.717, 1.165) is 44.8 Å². The molecule has 1 aliphatic heterocycles. The summed E-state index contributed by atoms with van der Waals surface area (Å²) in [6.45, 7) is 10.3. The number of rotatable bonds is 7. The van der Waals surface area contributed by atoms with Crippen LogP contribution in [0, 0.1) is 19.7 Å². The summed E-state index contributed by atoms with van der Waals surface area (Å²) in [4.78, 5) is 16.9. The molecule has 1 aromatic heterocycles. The Morgan fingerprint density at radius 2 is 1.73 bits per heavy atom. The van der Waals surface area contributed by atoms with Gasteiger partial charge in [0.1, 0.15) is 29.7 Å². The average molecular weight is 553 g/mol. The van der Waals surface area contributed by atoms with E-state index in [1.54, 1.807) is 37.4 Å². The van der Waals surface area contributed by atoms with E-state index in [1.807, 2.05) is 26.0 Å². The van der Waals surface area contributed by atoms with Crippen molar-refractivity contribution in [3.8, 4) is 28.4 Å². The predicted molar refractivity (Wildman–Crippen MR) is 159 cm³/mol. The van der Waals surface area contributed by atoms with Crippen LogP contribution < -0.4 is 19.5 Å². The van der Waals surface area contributed by atoms with Crippen molar-refractivity contribution in [3.05, 3.63) is 107 Å². The van der Waals surface area contributed by atoms with Crippen molar-refractivity contribution in [1.82, 2.24) is 4.98 Å². The zero-order valence-electron chi connectivity index (χ0n) is 24.1. The molecule has 0 amide bonds. The molecular weight excluding hydrogens is 519 g/mol. The summed E-state index contributed by atoms with van der Waals surface area (Å²) >= 11 is 0. The van der Waals surface area contributed by atoms with Gasteiger partial charge >= 0.3 is 5.97 Å². The Morgan fingerprint density at radius 1 is 0.951 bits per heavy atom. The van der Waals surface area contributed by atoms with Crippen LogP contribution in [0.3, 0.4) is 0 Å². The maximum atomic E-state index is 14.0. The van der Waals surface area contributed by atoms with Gasteiger partial charge in [-0.2, -0.15) is 0 Å². The number of aromatic nitrogens is 1. The highest BCUT2D eigenvalue weighted by Crippen LogP contribution is 2.43. The van der Waals surface area contributed by atoms with Crippen molar-refractivity contribution >= 4 is 17.2 Å². The van der Waals surface area contributed by atoms with Gasteiger partial charge in [0.15, 0.2) is 0 Å². The van der Waals surface area contributed by atoms with Crippen molar-refractivity contribution in [3.63, 3.8) is 0 Å². The third-order valence-electron chi connectivity index (χ3n) is 7.08. The fraction of sp³-hybridized carbons (Fsp3) is 0.235. The number of allylic oxidation sites excluding steroid dienone is 1. The van der Waals surface area contributed by atoms with E-state index in [9.17, 15) is 9.18 Å². The molecule has 2 heterocycles. The summed E-state index contributed by atoms with van der Waals surface area (Å²) in [6, 6.07) is 17.4. The molecule has 0 bridgehead atoms. The van der Waals surface area contributed by atoms with Gasteiger partial charge < -0.3 is 19.5 Å². The lowest BCUT2D eigenvalue weighted by Gasteiger charge is -2.33. The number of benzene rings is 3. The van der Waals surface area contributed by atoms with Crippen molar-refractivity contribution in [2.24, 2.45) is 0 Å². The molecular formula is C34H33FN2O4. The van der Waals surface area contributed by atoms with Gasteiger partial charge in [-0.1, -0.05) is 18.2 Å². The fourth-order valence-corrected chi connectivity index (χ4v) is 5.19. The van der Waals surface area contributed by atoms with Gasteiger partial charge in [-0.3, -0.25) is 4.98 Å². The van der Waals surface area contributed by atoms with Crippen molar-refractivity contribution in [2.75, 3.05) is 12.4 Å². The molecule has 0 spiro atoms. The number of hydrogen-bond acceptors (Lipinski definition) is 6. The predicted octanol–water partition coefficient (Wildman–Crippen LogP) is 7.92. The molecule has 5 rings (SSSR count). The first-order valence-electron chi connectivity index (χ1n) is 13.4. The number of halogens is 1. The van der Waals surface area contributed by atoms with E-state index in [1.165, 1.54) is 18.3 Å². The molecule has 0 radical (unpaired) electrons. The Morgan fingerprint density at radius 3 is 2.46 bits per heavy atom. The van der Waals surface area contributed by atoms with Crippen LogP contribution in [-0.4, -0.2) is 23.6 Å². The maximum Gasteiger partial charge on any atom is 0.345 e. The van der Waals surface area contributed by atoms with E-state index < -0.39 is 5.97 Å². The topological polar surface area (TPSA) is 69.7 Å². The summed E-state index contributed by atoms with van der Waals surface area (Å²) in [5, 5.41) is 3.60. The quantitative estimate of drug-likeness (QED) is 0.186. The van der Waals surface area contributed by atoms with Gasteiger partial charge in [-0.25, -0.2) is 9.18 Å². The van der Waals surface area contributed by atoms with Crippen LogP contribution in [0.5, 0.6) is 17.2 Å². The second-order valence-electron chi connectivity index (χ2n) is 10.8. The maximum absolute atomic E-state index is 14.0. The number of methoxy groups -OCH3 is 1. The minimum atomic E-state index is -0.505. The molecule has 0 aliphatic carbocycles. The molecule has 7 heteroatoms. The second-order valence-corrected chi connectivity index (χ2v) is 10.8. The highest BCUT2D eigenvalue weighted by atomic mass is 19.1. The van der Waals surface area contributed by atoms with Crippen molar-refractivity contribution in [1.29, 1.82) is 0 Å². The molecule has 41 heavy (non-hydrogen) atoms. The number of pyridine rings is 1. The number of carbonyl (C=O) groups is 1. The number of aryl methyl sites for hydroxylation is 2. The molecule has 0 saturated heterocycles. The number of anilines is 1. The van der Waals surface area contributed by atoms with E-state index in [-0.39, 0.29) is 18.0 Å². The van der Waals surface area contributed by atoms with Crippen LogP contribution >= 0.6 is 0 Å². The SMILES string of the molecule is COc1cc(OC(=O)c2ccc(C)nc2)ccc1-c1ccc2c(c1COc1cc(F)ccc1C)C(C)=CC(C)(C)N2. The number of carbonyl (C=O) groups excluding carboxylic acids is 1. The number of ether oxygens (including phenoxy) is 3. The normalized spacial score (nSPS) is 13.5. The minimum absolute atomic E-state index is 0.205. The van der Waals surface area contributed by atoms with Crippen LogP contribution in [-0.2, 0) is 6.61 Å². The molecule has 0 atom stereocenters. The smallest absolute Gasteiger partial charge is 0.345 e. The average Bonchev–Trinajstić information content (AvgIpc) is 2.93. The minimum Gasteiger partial charge on any atom is -0.496 e. The van der Waals surface area contributed by atoms with Crippen molar-refractivity contribution < 1.29 is 23.4 Å². The van der Waals surface area contributed by atoms with E-state index in [4.69, 9.17) is 14.2 Å². The Bertz CT molecular complexity index is 1660. The van der Waals surface area contributed by atoms with Gasteiger partial charge in [0.2, 0.25) is 0 Å². The first-order valence-corrected chi connectivity index (χ1v) is 13.4. The van der Waals surface area contributed by atoms with Gasteiger partial charge in [0, 0.05) is 46.4 Å². The van der Waals surface area contributed by atoms with E-state index in [2.05, 4.69) is 43.2 Å². The molecule has 1 N–H and O–H groups in total. The highest BCUT2D eigenvalue weighted by Gasteiger charge is 2.27. The number of fused-ring (bicyclic) bond motifs is 1. The lowest BCUT2D eigenvalue weighted by Crippen LogP contribution is -2.32. The summed E-state index contributed by atoms with van der Waals surface area (Å²) in [6.07, 6.45) is 3.68. The fourth-order valence-electron chi connectivity index (χ4n) is 5.19. The molecule has 6 nitrogen and oxygen atoms in total. The van der Waals surface area contributed by atoms with Crippen molar-refractivity contribution in [2.45, 2.75) is 46.8 Å². The zero-order valence-corrected chi connectivity index (χ0v) is 24.1. The molecule has 210 valence electrons. The molecule has 1 aliphatic rings. The number of hydrogen-bond donors (Lipinski definition) is 1. The second kappa shape index (κ2) is 11.1. The summed E-state index contributed by atoms with van der Waals surface area (Å²) in [5.74, 6) is 0.510. The van der Waals surface area contributed by atoms with Crippen LogP contribution in [0.1, 0.15) is 53.5 Å². The standard InChI is InChI=1S/C34H33FN2O4/c1-20-7-10-24(35)15-30(20)40-19-28-26(13-14-29-32(28)21(2)17-34(4,5)37-29)27-12-11-25(16-31(27)39-6)41-33(38)23-9-8-22(3)36-18-23/h7-18,37H,19H2,1-6H3. The van der Waals surface area contributed by atoms with Crippen LogP contribution in [0.25, 0.3) is 16.7 Å². The van der Waals surface area contributed by atoms with Gasteiger partial charge in [0.25, 0.3) is 0 Å². The highest BCUT2D eigenvalue weighted by molar-refractivity contribution is 5.91. The Balaban J connectivity index is 1.55. The third kappa shape index (κ3) is 5.94. The number of esters is 1. The Kier molecular flexibility index (Phi) is 7.54.